The highest BCUT2D eigenvalue weighted by Crippen LogP contribution is 2.42. The van der Waals surface area contributed by atoms with Crippen LogP contribution in [0.4, 0.5) is 0 Å². The summed E-state index contributed by atoms with van der Waals surface area (Å²) >= 11 is 0. The lowest BCUT2D eigenvalue weighted by molar-refractivity contribution is -0.0107. The Kier molecular flexibility index (Phi) is 4.05. The van der Waals surface area contributed by atoms with Crippen molar-refractivity contribution in [2.75, 3.05) is 32.7 Å². The SMILES string of the molecule is C1=C(CCN2CC3(CCCCCC3)C2)CCNC1. The minimum atomic E-state index is 0.749. The summed E-state index contributed by atoms with van der Waals surface area (Å²) in [6, 6.07) is 0. The zero-order valence-electron chi connectivity index (χ0n) is 11.7. The Balaban J connectivity index is 1.40. The molecule has 2 nitrogen and oxygen atoms in total. The van der Waals surface area contributed by atoms with Crippen molar-refractivity contribution in [3.63, 3.8) is 0 Å². The molecule has 1 N–H and O–H groups in total. The van der Waals surface area contributed by atoms with Crippen molar-refractivity contribution < 1.29 is 0 Å². The van der Waals surface area contributed by atoms with Gasteiger partial charge in [-0.2, -0.15) is 0 Å². The van der Waals surface area contributed by atoms with Crippen LogP contribution in [-0.2, 0) is 0 Å². The zero-order chi connectivity index (χ0) is 12.3. The van der Waals surface area contributed by atoms with Gasteiger partial charge in [0, 0.05) is 26.2 Å². The summed E-state index contributed by atoms with van der Waals surface area (Å²) in [5.41, 5.74) is 2.44. The van der Waals surface area contributed by atoms with Crippen LogP contribution in [0.1, 0.15) is 51.4 Å². The van der Waals surface area contributed by atoms with Gasteiger partial charge >= 0.3 is 0 Å². The van der Waals surface area contributed by atoms with Crippen LogP contribution in [0.25, 0.3) is 0 Å². The maximum absolute atomic E-state index is 3.39. The molecule has 1 saturated carbocycles. The summed E-state index contributed by atoms with van der Waals surface area (Å²) in [4.78, 5) is 2.70. The Hall–Kier alpha value is -0.340. The molecule has 3 rings (SSSR count). The summed E-state index contributed by atoms with van der Waals surface area (Å²) in [6.07, 6.45) is 14.0. The van der Waals surface area contributed by atoms with Crippen molar-refractivity contribution >= 4 is 0 Å². The highest BCUT2D eigenvalue weighted by atomic mass is 15.2. The Labute approximate surface area is 112 Å². The highest BCUT2D eigenvalue weighted by molar-refractivity contribution is 5.08. The van der Waals surface area contributed by atoms with Crippen molar-refractivity contribution in [1.29, 1.82) is 0 Å². The Morgan fingerprint density at radius 1 is 1.11 bits per heavy atom. The molecule has 0 unspecified atom stereocenters. The van der Waals surface area contributed by atoms with Crippen LogP contribution in [0.2, 0.25) is 0 Å². The normalized spacial score (nSPS) is 28.6. The maximum atomic E-state index is 3.39. The van der Waals surface area contributed by atoms with Crippen molar-refractivity contribution in [2.45, 2.75) is 51.4 Å². The first-order valence-corrected chi connectivity index (χ1v) is 7.97. The monoisotopic (exact) mass is 248 g/mol. The maximum Gasteiger partial charge on any atom is 0.0137 e. The molecule has 102 valence electrons. The molecule has 0 amide bonds. The van der Waals surface area contributed by atoms with E-state index in [9.17, 15) is 0 Å². The van der Waals surface area contributed by atoms with Crippen LogP contribution < -0.4 is 5.32 Å². The molecule has 0 atom stereocenters. The Morgan fingerprint density at radius 3 is 2.56 bits per heavy atom. The van der Waals surface area contributed by atoms with E-state index in [0.29, 0.717) is 0 Å². The molecule has 0 aromatic heterocycles. The number of rotatable bonds is 3. The fourth-order valence-electron chi connectivity index (χ4n) is 4.05. The summed E-state index contributed by atoms with van der Waals surface area (Å²) in [5.74, 6) is 0. The number of hydrogen-bond donors (Lipinski definition) is 1. The molecule has 0 aromatic carbocycles. The molecular formula is C16H28N2. The minimum absolute atomic E-state index is 0.749. The molecule has 0 radical (unpaired) electrons. The second-order valence-corrected chi connectivity index (χ2v) is 6.69. The van der Waals surface area contributed by atoms with E-state index in [1.165, 1.54) is 77.5 Å². The molecule has 1 aliphatic carbocycles. The van der Waals surface area contributed by atoms with Crippen molar-refractivity contribution in [2.24, 2.45) is 5.41 Å². The fourth-order valence-corrected chi connectivity index (χ4v) is 4.05. The molecule has 1 spiro atoms. The summed E-state index contributed by atoms with van der Waals surface area (Å²) in [6.45, 7) is 6.40. The second kappa shape index (κ2) is 5.75. The van der Waals surface area contributed by atoms with Gasteiger partial charge < -0.3 is 10.2 Å². The van der Waals surface area contributed by atoms with E-state index in [4.69, 9.17) is 0 Å². The van der Waals surface area contributed by atoms with E-state index in [-0.39, 0.29) is 0 Å². The smallest absolute Gasteiger partial charge is 0.0137 e. The average Bonchev–Trinajstić information content (AvgIpc) is 2.62. The van der Waals surface area contributed by atoms with Crippen LogP contribution in [0.5, 0.6) is 0 Å². The standard InChI is InChI=1S/C16H28N2/c1-2-4-9-16(8-3-1)13-18(14-16)12-7-15-5-10-17-11-6-15/h5,17H,1-4,6-14H2. The quantitative estimate of drug-likeness (QED) is 0.773. The van der Waals surface area contributed by atoms with E-state index >= 15 is 0 Å². The van der Waals surface area contributed by atoms with E-state index in [2.05, 4.69) is 16.3 Å². The first-order chi connectivity index (χ1) is 8.86. The molecule has 18 heavy (non-hydrogen) atoms. The molecule has 0 bridgehead atoms. The van der Waals surface area contributed by atoms with Gasteiger partial charge in [0.05, 0.1) is 0 Å². The molecule has 0 aromatic rings. The fraction of sp³-hybridized carbons (Fsp3) is 0.875. The molecular weight excluding hydrogens is 220 g/mol. The summed E-state index contributed by atoms with van der Waals surface area (Å²) in [7, 11) is 0. The van der Waals surface area contributed by atoms with Gasteiger partial charge in [0.2, 0.25) is 0 Å². The van der Waals surface area contributed by atoms with Gasteiger partial charge in [-0.05, 0) is 37.6 Å². The van der Waals surface area contributed by atoms with Gasteiger partial charge in [-0.1, -0.05) is 37.3 Å². The van der Waals surface area contributed by atoms with Crippen molar-refractivity contribution in [3.8, 4) is 0 Å². The summed E-state index contributed by atoms with van der Waals surface area (Å²) < 4.78 is 0. The first-order valence-electron chi connectivity index (χ1n) is 7.97. The van der Waals surface area contributed by atoms with E-state index in [0.717, 1.165) is 12.0 Å². The first kappa shape index (κ1) is 12.7. The predicted octanol–water partition coefficient (Wildman–Crippen LogP) is 2.95. The third-order valence-corrected chi connectivity index (χ3v) is 5.19. The topological polar surface area (TPSA) is 15.3 Å². The Morgan fingerprint density at radius 2 is 1.89 bits per heavy atom. The number of likely N-dealkylation sites (tertiary alicyclic amines) is 1. The molecule has 2 heterocycles. The molecule has 2 fully saturated rings. The lowest BCUT2D eigenvalue weighted by Crippen LogP contribution is -2.56. The van der Waals surface area contributed by atoms with Crippen LogP contribution in [0.15, 0.2) is 11.6 Å². The van der Waals surface area contributed by atoms with Gasteiger partial charge in [0.1, 0.15) is 0 Å². The third-order valence-electron chi connectivity index (χ3n) is 5.19. The van der Waals surface area contributed by atoms with Crippen molar-refractivity contribution in [1.82, 2.24) is 10.2 Å². The largest absolute Gasteiger partial charge is 0.313 e. The van der Waals surface area contributed by atoms with Crippen LogP contribution in [0.3, 0.4) is 0 Å². The van der Waals surface area contributed by atoms with Crippen LogP contribution >= 0.6 is 0 Å². The number of hydrogen-bond acceptors (Lipinski definition) is 2. The summed E-state index contributed by atoms with van der Waals surface area (Å²) in [5, 5.41) is 3.39. The highest BCUT2D eigenvalue weighted by Gasteiger charge is 2.41. The van der Waals surface area contributed by atoms with Crippen LogP contribution in [-0.4, -0.2) is 37.6 Å². The van der Waals surface area contributed by atoms with Gasteiger partial charge in [-0.25, -0.2) is 0 Å². The van der Waals surface area contributed by atoms with Gasteiger partial charge in [-0.3, -0.25) is 0 Å². The zero-order valence-corrected chi connectivity index (χ0v) is 11.7. The number of nitrogens with one attached hydrogen (secondary N) is 1. The average molecular weight is 248 g/mol. The minimum Gasteiger partial charge on any atom is -0.313 e. The lowest BCUT2D eigenvalue weighted by atomic mass is 9.73. The van der Waals surface area contributed by atoms with Gasteiger partial charge in [0.25, 0.3) is 0 Å². The van der Waals surface area contributed by atoms with Crippen molar-refractivity contribution in [3.05, 3.63) is 11.6 Å². The van der Waals surface area contributed by atoms with E-state index in [1.54, 1.807) is 5.57 Å². The number of nitrogens with zero attached hydrogens (tertiary/aromatic N) is 1. The molecule has 2 aliphatic heterocycles. The molecule has 2 heteroatoms. The Bertz CT molecular complexity index is 292. The van der Waals surface area contributed by atoms with Crippen LogP contribution in [0, 0.1) is 5.41 Å². The van der Waals surface area contributed by atoms with Gasteiger partial charge in [-0.15, -0.1) is 0 Å². The lowest BCUT2D eigenvalue weighted by Gasteiger charge is -2.50. The molecule has 3 aliphatic rings. The predicted molar refractivity (Wildman–Crippen MR) is 76.8 cm³/mol. The second-order valence-electron chi connectivity index (χ2n) is 6.69. The van der Waals surface area contributed by atoms with Gasteiger partial charge in [0.15, 0.2) is 0 Å². The molecule has 1 saturated heterocycles. The van der Waals surface area contributed by atoms with E-state index in [1.807, 2.05) is 0 Å². The van der Waals surface area contributed by atoms with E-state index < -0.39 is 0 Å². The third kappa shape index (κ3) is 2.97.